The Kier molecular flexibility index (Phi) is 5.75. The predicted molar refractivity (Wildman–Crippen MR) is 95.3 cm³/mol. The van der Waals surface area contributed by atoms with E-state index in [2.05, 4.69) is 46.5 Å². The van der Waals surface area contributed by atoms with Crippen LogP contribution < -0.4 is 5.73 Å². The van der Waals surface area contributed by atoms with Crippen LogP contribution in [0.1, 0.15) is 36.5 Å². The molecule has 3 aromatic rings. The topological polar surface area (TPSA) is 64.9 Å². The fourth-order valence-corrected chi connectivity index (χ4v) is 2.56. The summed E-state index contributed by atoms with van der Waals surface area (Å²) in [5, 5.41) is 4.05. The first-order valence-electron chi connectivity index (χ1n) is 8.35. The summed E-state index contributed by atoms with van der Waals surface area (Å²) < 4.78 is 5.26. The van der Waals surface area contributed by atoms with Crippen LogP contribution in [0, 0.1) is 6.42 Å². The van der Waals surface area contributed by atoms with Gasteiger partial charge in [-0.05, 0) is 36.1 Å². The summed E-state index contributed by atoms with van der Waals surface area (Å²) in [4.78, 5) is 4.42. The van der Waals surface area contributed by atoms with E-state index in [0.29, 0.717) is 18.1 Å². The monoisotopic (exact) mass is 320 g/mol. The maximum absolute atomic E-state index is 5.48. The maximum atomic E-state index is 5.48. The van der Waals surface area contributed by atoms with Gasteiger partial charge in [-0.1, -0.05) is 66.2 Å². The van der Waals surface area contributed by atoms with Gasteiger partial charge in [-0.3, -0.25) is 0 Å². The van der Waals surface area contributed by atoms with Crippen molar-refractivity contribution in [1.29, 1.82) is 0 Å². The lowest BCUT2D eigenvalue weighted by atomic mass is 10.0. The number of rotatable bonds is 8. The molecule has 1 heterocycles. The van der Waals surface area contributed by atoms with Gasteiger partial charge in [-0.25, -0.2) is 0 Å². The second kappa shape index (κ2) is 8.41. The maximum Gasteiger partial charge on any atom is 0.230 e. The van der Waals surface area contributed by atoms with Crippen molar-refractivity contribution in [1.82, 2.24) is 10.1 Å². The Morgan fingerprint density at radius 3 is 2.42 bits per heavy atom. The molecule has 123 valence electrons. The number of nitrogens with two attached hydrogens (primary N) is 1. The van der Waals surface area contributed by atoms with E-state index in [-0.39, 0.29) is 0 Å². The smallest absolute Gasteiger partial charge is 0.230 e. The minimum Gasteiger partial charge on any atom is -0.339 e. The van der Waals surface area contributed by atoms with Crippen molar-refractivity contribution < 1.29 is 4.52 Å². The van der Waals surface area contributed by atoms with Gasteiger partial charge in [0.05, 0.1) is 6.42 Å². The molecule has 4 heteroatoms. The molecular weight excluding hydrogens is 298 g/mol. The molecule has 0 bridgehead atoms. The SMILES string of the molecule is NCCCC[CH]c1nc(Cc2ccc(-c3ccccc3)cc2)no1. The number of hydrogen-bond donors (Lipinski definition) is 1. The molecule has 2 N–H and O–H groups in total. The number of hydrogen-bond acceptors (Lipinski definition) is 4. The first-order chi connectivity index (χ1) is 11.8. The molecule has 0 spiro atoms. The molecule has 1 aromatic heterocycles. The number of nitrogens with zero attached hydrogens (tertiary/aromatic N) is 2. The van der Waals surface area contributed by atoms with Crippen LogP contribution in [0.3, 0.4) is 0 Å². The van der Waals surface area contributed by atoms with Crippen LogP contribution in [0.4, 0.5) is 0 Å². The highest BCUT2D eigenvalue weighted by atomic mass is 16.5. The van der Waals surface area contributed by atoms with E-state index < -0.39 is 0 Å². The van der Waals surface area contributed by atoms with Crippen LogP contribution in [0.25, 0.3) is 11.1 Å². The molecule has 0 amide bonds. The van der Waals surface area contributed by atoms with Crippen LogP contribution >= 0.6 is 0 Å². The van der Waals surface area contributed by atoms with E-state index in [1.807, 2.05) is 24.6 Å². The van der Waals surface area contributed by atoms with Gasteiger partial charge in [0.25, 0.3) is 0 Å². The van der Waals surface area contributed by atoms with E-state index in [4.69, 9.17) is 10.3 Å². The molecule has 0 aliphatic carbocycles. The van der Waals surface area contributed by atoms with Crippen molar-refractivity contribution in [2.24, 2.45) is 5.73 Å². The molecule has 0 unspecified atom stereocenters. The molecule has 0 fully saturated rings. The van der Waals surface area contributed by atoms with Crippen LogP contribution in [-0.4, -0.2) is 16.7 Å². The molecular formula is C20H22N3O. The lowest BCUT2D eigenvalue weighted by Gasteiger charge is -2.02. The molecule has 2 aromatic carbocycles. The van der Waals surface area contributed by atoms with Gasteiger partial charge in [0.15, 0.2) is 5.82 Å². The quantitative estimate of drug-likeness (QED) is 0.637. The normalized spacial score (nSPS) is 10.9. The largest absolute Gasteiger partial charge is 0.339 e. The fourth-order valence-electron chi connectivity index (χ4n) is 2.56. The van der Waals surface area contributed by atoms with Crippen LogP contribution in [0.2, 0.25) is 0 Å². The Morgan fingerprint density at radius 2 is 1.67 bits per heavy atom. The highest BCUT2D eigenvalue weighted by Gasteiger charge is 2.07. The molecule has 0 aliphatic heterocycles. The van der Waals surface area contributed by atoms with Gasteiger partial charge < -0.3 is 10.3 Å². The van der Waals surface area contributed by atoms with Crippen molar-refractivity contribution in [2.45, 2.75) is 25.7 Å². The van der Waals surface area contributed by atoms with Crippen molar-refractivity contribution in [3.8, 4) is 11.1 Å². The zero-order valence-corrected chi connectivity index (χ0v) is 13.7. The van der Waals surface area contributed by atoms with Crippen LogP contribution in [0.5, 0.6) is 0 Å². The highest BCUT2D eigenvalue weighted by molar-refractivity contribution is 5.63. The van der Waals surface area contributed by atoms with Gasteiger partial charge in [-0.2, -0.15) is 4.98 Å². The molecule has 1 radical (unpaired) electrons. The van der Waals surface area contributed by atoms with E-state index in [1.165, 1.54) is 16.7 Å². The Morgan fingerprint density at radius 1 is 0.917 bits per heavy atom. The van der Waals surface area contributed by atoms with Crippen LogP contribution in [-0.2, 0) is 6.42 Å². The van der Waals surface area contributed by atoms with Crippen molar-refractivity contribution in [3.63, 3.8) is 0 Å². The van der Waals surface area contributed by atoms with Gasteiger partial charge in [0.2, 0.25) is 5.89 Å². The van der Waals surface area contributed by atoms with Gasteiger partial charge in [0, 0.05) is 6.42 Å². The van der Waals surface area contributed by atoms with Gasteiger partial charge in [-0.15, -0.1) is 0 Å². The Labute approximate surface area is 142 Å². The van der Waals surface area contributed by atoms with E-state index >= 15 is 0 Å². The standard InChI is InChI=1S/C20H22N3O/c21-14-6-2-5-9-20-22-19(23-24-20)15-16-10-12-18(13-11-16)17-7-3-1-4-8-17/h1,3-4,7-13H,2,5-6,14-15,21H2. The second-order valence-electron chi connectivity index (χ2n) is 5.78. The highest BCUT2D eigenvalue weighted by Crippen LogP contribution is 2.20. The summed E-state index contributed by atoms with van der Waals surface area (Å²) in [7, 11) is 0. The average Bonchev–Trinajstić information content (AvgIpc) is 3.07. The van der Waals surface area contributed by atoms with Crippen molar-refractivity contribution >= 4 is 0 Å². The molecule has 0 aliphatic rings. The third-order valence-corrected chi connectivity index (χ3v) is 3.88. The molecule has 4 nitrogen and oxygen atoms in total. The zero-order chi connectivity index (χ0) is 16.6. The Bertz CT molecular complexity index is 735. The molecule has 24 heavy (non-hydrogen) atoms. The lowest BCUT2D eigenvalue weighted by Crippen LogP contribution is -1.97. The predicted octanol–water partition coefficient (Wildman–Crippen LogP) is 4.01. The number of aromatic nitrogens is 2. The first kappa shape index (κ1) is 16.4. The van der Waals surface area contributed by atoms with Crippen molar-refractivity contribution in [2.75, 3.05) is 6.54 Å². The summed E-state index contributed by atoms with van der Waals surface area (Å²) in [5.41, 5.74) is 9.08. The van der Waals surface area contributed by atoms with Crippen molar-refractivity contribution in [3.05, 3.63) is 78.3 Å². The zero-order valence-electron chi connectivity index (χ0n) is 13.7. The minimum atomic E-state index is 0.600. The third kappa shape index (κ3) is 4.52. The summed E-state index contributed by atoms with van der Waals surface area (Å²) in [6.45, 7) is 0.724. The molecule has 0 saturated carbocycles. The summed E-state index contributed by atoms with van der Waals surface area (Å²) in [6.07, 6.45) is 5.64. The Balaban J connectivity index is 1.57. The van der Waals surface area contributed by atoms with E-state index in [9.17, 15) is 0 Å². The average molecular weight is 320 g/mol. The van der Waals surface area contributed by atoms with Crippen LogP contribution in [0.15, 0.2) is 59.1 Å². The molecule has 3 rings (SSSR count). The first-order valence-corrected chi connectivity index (χ1v) is 8.35. The number of benzene rings is 2. The number of unbranched alkanes of at least 4 members (excludes halogenated alkanes) is 2. The van der Waals surface area contributed by atoms with E-state index in [1.54, 1.807) is 0 Å². The second-order valence-corrected chi connectivity index (χ2v) is 5.78. The molecule has 0 atom stereocenters. The summed E-state index contributed by atoms with van der Waals surface area (Å²) >= 11 is 0. The Hall–Kier alpha value is -2.46. The fraction of sp³-hybridized carbons (Fsp3) is 0.250. The van der Waals surface area contributed by atoms with Gasteiger partial charge in [0.1, 0.15) is 0 Å². The summed E-state index contributed by atoms with van der Waals surface area (Å²) in [6, 6.07) is 18.8. The third-order valence-electron chi connectivity index (χ3n) is 3.88. The minimum absolute atomic E-state index is 0.600. The molecule has 0 saturated heterocycles. The van der Waals surface area contributed by atoms with E-state index in [0.717, 1.165) is 25.8 Å². The summed E-state index contributed by atoms with van der Waals surface area (Å²) in [5.74, 6) is 1.32. The van der Waals surface area contributed by atoms with Gasteiger partial charge >= 0.3 is 0 Å². The lowest BCUT2D eigenvalue weighted by molar-refractivity contribution is 0.389.